The zero-order chi connectivity index (χ0) is 15.1. The first-order valence-electron chi connectivity index (χ1n) is 6.18. The minimum Gasteiger partial charge on any atom is -0.443 e. The predicted molar refractivity (Wildman–Crippen MR) is 86.4 cm³/mol. The van der Waals surface area contributed by atoms with E-state index in [4.69, 9.17) is 4.74 Å². The zero-order valence-corrected chi connectivity index (χ0v) is 13.2. The Labute approximate surface area is 135 Å². The summed E-state index contributed by atoms with van der Waals surface area (Å²) in [7, 11) is 0. The molecule has 0 aliphatic rings. The molecule has 2 rings (SSSR count). The van der Waals surface area contributed by atoms with Crippen LogP contribution in [0.2, 0.25) is 0 Å². The Balaban J connectivity index is 1.79. The lowest BCUT2D eigenvalue weighted by atomic mass is 10.2. The molecule has 2 aromatic rings. The van der Waals surface area contributed by atoms with Crippen LogP contribution in [0.5, 0.6) is 0 Å². The Hall–Kier alpha value is -2.09. The lowest BCUT2D eigenvalue weighted by Crippen LogP contribution is -2.42. The van der Waals surface area contributed by atoms with Gasteiger partial charge in [-0.15, -0.1) is 0 Å². The Kier molecular flexibility index (Phi) is 5.56. The molecule has 2 aromatic carbocycles. The van der Waals surface area contributed by atoms with Crippen molar-refractivity contribution in [3.8, 4) is 0 Å². The van der Waals surface area contributed by atoms with Crippen molar-refractivity contribution in [2.75, 3.05) is 0 Å². The number of nitrogens with one attached hydrogen (secondary N) is 2. The van der Waals surface area contributed by atoms with Crippen molar-refractivity contribution in [3.05, 3.63) is 69.3 Å². The van der Waals surface area contributed by atoms with Crippen molar-refractivity contribution >= 4 is 34.6 Å². The normalized spacial score (nSPS) is 9.76. The van der Waals surface area contributed by atoms with Gasteiger partial charge < -0.3 is 4.74 Å². The Bertz CT molecular complexity index is 632. The third kappa shape index (κ3) is 4.75. The van der Waals surface area contributed by atoms with Gasteiger partial charge in [0, 0.05) is 3.57 Å². The molecule has 0 bridgehead atoms. The maximum absolute atomic E-state index is 11.9. The first kappa shape index (κ1) is 15.3. The molecular formula is C15H13IN2O3. The monoisotopic (exact) mass is 396 g/mol. The number of benzene rings is 2. The summed E-state index contributed by atoms with van der Waals surface area (Å²) in [5.74, 6) is -0.392. The number of hydrogen-bond acceptors (Lipinski definition) is 3. The maximum Gasteiger partial charge on any atom is 0.426 e. The summed E-state index contributed by atoms with van der Waals surface area (Å²) in [5.41, 5.74) is 5.88. The van der Waals surface area contributed by atoms with E-state index in [1.807, 2.05) is 42.5 Å². The number of ether oxygens (including phenoxy) is 1. The van der Waals surface area contributed by atoms with Crippen molar-refractivity contribution in [1.29, 1.82) is 0 Å². The van der Waals surface area contributed by atoms with Crippen LogP contribution >= 0.6 is 22.6 Å². The molecule has 0 radical (unpaired) electrons. The molecule has 2 amide bonds. The molecule has 0 spiro atoms. The summed E-state index contributed by atoms with van der Waals surface area (Å²) in [6, 6.07) is 16.4. The van der Waals surface area contributed by atoms with Crippen LogP contribution in [0.3, 0.4) is 0 Å². The van der Waals surface area contributed by atoms with Crippen LogP contribution in [0, 0.1) is 3.57 Å². The van der Waals surface area contributed by atoms with Gasteiger partial charge in [-0.1, -0.05) is 42.5 Å². The predicted octanol–water partition coefficient (Wildman–Crippen LogP) is 2.86. The number of carbonyl (C=O) groups excluding carboxylic acids is 2. The molecular weight excluding hydrogens is 383 g/mol. The largest absolute Gasteiger partial charge is 0.443 e. The first-order valence-corrected chi connectivity index (χ1v) is 7.26. The second-order valence-corrected chi connectivity index (χ2v) is 5.28. The van der Waals surface area contributed by atoms with E-state index in [1.165, 1.54) is 0 Å². The number of hydrazine groups is 1. The molecule has 0 fully saturated rings. The summed E-state index contributed by atoms with van der Waals surface area (Å²) in [6.45, 7) is 0.144. The highest BCUT2D eigenvalue weighted by Gasteiger charge is 2.10. The van der Waals surface area contributed by atoms with Gasteiger partial charge in [0.05, 0.1) is 5.56 Å². The second-order valence-electron chi connectivity index (χ2n) is 4.12. The van der Waals surface area contributed by atoms with E-state index in [1.54, 1.807) is 12.1 Å². The summed E-state index contributed by atoms with van der Waals surface area (Å²) in [6.07, 6.45) is -0.710. The van der Waals surface area contributed by atoms with Crippen molar-refractivity contribution < 1.29 is 14.3 Å². The van der Waals surface area contributed by atoms with E-state index < -0.39 is 12.0 Å². The van der Waals surface area contributed by atoms with E-state index in [9.17, 15) is 9.59 Å². The average Bonchev–Trinajstić information content (AvgIpc) is 2.52. The fourth-order valence-electron chi connectivity index (χ4n) is 1.58. The van der Waals surface area contributed by atoms with Crippen LogP contribution in [0.4, 0.5) is 4.79 Å². The van der Waals surface area contributed by atoms with Crippen LogP contribution in [-0.2, 0) is 11.3 Å². The van der Waals surface area contributed by atoms with Crippen LogP contribution in [0.15, 0.2) is 54.6 Å². The molecule has 2 N–H and O–H groups in total. The molecule has 0 atom stereocenters. The lowest BCUT2D eigenvalue weighted by molar-refractivity contribution is 0.0904. The highest BCUT2D eigenvalue weighted by molar-refractivity contribution is 14.1. The molecule has 0 aliphatic heterocycles. The second kappa shape index (κ2) is 7.63. The third-order valence-electron chi connectivity index (χ3n) is 2.61. The smallest absolute Gasteiger partial charge is 0.426 e. The van der Waals surface area contributed by atoms with Gasteiger partial charge in [-0.3, -0.25) is 10.2 Å². The maximum atomic E-state index is 11.9. The average molecular weight is 396 g/mol. The molecule has 108 valence electrons. The van der Waals surface area contributed by atoms with E-state index in [-0.39, 0.29) is 6.61 Å². The fraction of sp³-hybridized carbons (Fsp3) is 0.0667. The molecule has 5 nitrogen and oxygen atoms in total. The third-order valence-corrected chi connectivity index (χ3v) is 3.55. The van der Waals surface area contributed by atoms with E-state index >= 15 is 0 Å². The van der Waals surface area contributed by atoms with Crippen molar-refractivity contribution in [2.45, 2.75) is 6.61 Å². The van der Waals surface area contributed by atoms with Crippen molar-refractivity contribution in [1.82, 2.24) is 10.9 Å². The minimum atomic E-state index is -0.710. The number of halogens is 1. The van der Waals surface area contributed by atoms with Gasteiger partial charge in [0.15, 0.2) is 0 Å². The summed E-state index contributed by atoms with van der Waals surface area (Å²) >= 11 is 2.05. The van der Waals surface area contributed by atoms with Crippen molar-refractivity contribution in [3.63, 3.8) is 0 Å². The van der Waals surface area contributed by atoms with Gasteiger partial charge in [-0.25, -0.2) is 10.2 Å². The van der Waals surface area contributed by atoms with Crippen molar-refractivity contribution in [2.24, 2.45) is 0 Å². The quantitative estimate of drug-likeness (QED) is 0.620. The fourth-order valence-corrected chi connectivity index (χ4v) is 2.21. The van der Waals surface area contributed by atoms with E-state index in [2.05, 4.69) is 33.4 Å². The summed E-state index contributed by atoms with van der Waals surface area (Å²) in [4.78, 5) is 23.3. The van der Waals surface area contributed by atoms with Gasteiger partial charge in [0.2, 0.25) is 0 Å². The topological polar surface area (TPSA) is 67.4 Å². The highest BCUT2D eigenvalue weighted by atomic mass is 127. The van der Waals surface area contributed by atoms with Crippen LogP contribution in [0.25, 0.3) is 0 Å². The summed E-state index contributed by atoms with van der Waals surface area (Å²) in [5, 5.41) is 0. The molecule has 0 aromatic heterocycles. The van der Waals surface area contributed by atoms with Gasteiger partial charge >= 0.3 is 6.09 Å². The molecule has 6 heteroatoms. The van der Waals surface area contributed by atoms with Gasteiger partial charge in [-0.05, 0) is 40.3 Å². The molecule has 0 saturated heterocycles. The number of rotatable bonds is 3. The standard InChI is InChI=1S/C15H13IN2O3/c16-13-9-5-4-8-12(13)14(19)17-18-15(20)21-10-11-6-2-1-3-7-11/h1-9H,10H2,(H,17,19)(H,18,20). The first-order chi connectivity index (χ1) is 10.2. The number of carbonyl (C=O) groups is 2. The SMILES string of the molecule is O=C(NNC(=O)c1ccccc1I)OCc1ccccc1. The van der Waals surface area contributed by atoms with Crippen LogP contribution < -0.4 is 10.9 Å². The Morgan fingerprint density at radius 3 is 2.33 bits per heavy atom. The van der Waals surface area contributed by atoms with Gasteiger partial charge in [0.1, 0.15) is 6.61 Å². The lowest BCUT2D eigenvalue weighted by Gasteiger charge is -2.09. The summed E-state index contributed by atoms with van der Waals surface area (Å²) < 4.78 is 5.78. The van der Waals surface area contributed by atoms with Gasteiger partial charge in [0.25, 0.3) is 5.91 Å². The van der Waals surface area contributed by atoms with Gasteiger partial charge in [-0.2, -0.15) is 0 Å². The molecule has 21 heavy (non-hydrogen) atoms. The minimum absolute atomic E-state index is 0.144. The number of amides is 2. The van der Waals surface area contributed by atoms with E-state index in [0.717, 1.165) is 9.13 Å². The number of hydrogen-bond donors (Lipinski definition) is 2. The highest BCUT2D eigenvalue weighted by Crippen LogP contribution is 2.10. The van der Waals surface area contributed by atoms with E-state index in [0.29, 0.717) is 5.56 Å². The Morgan fingerprint density at radius 2 is 1.62 bits per heavy atom. The molecule has 0 heterocycles. The molecule has 0 unspecified atom stereocenters. The Morgan fingerprint density at radius 1 is 0.952 bits per heavy atom. The van der Waals surface area contributed by atoms with Crippen LogP contribution in [0.1, 0.15) is 15.9 Å². The zero-order valence-electron chi connectivity index (χ0n) is 11.0. The van der Waals surface area contributed by atoms with Crippen LogP contribution in [-0.4, -0.2) is 12.0 Å². The molecule has 0 saturated carbocycles. The molecule has 0 aliphatic carbocycles.